The quantitative estimate of drug-likeness (QED) is 0.368. The Hall–Kier alpha value is -0.0531. The fraction of sp³-hybridized carbons (Fsp3) is 0.750. The number of rotatable bonds is 5. The number of hydrogen-bond donors (Lipinski definition) is 0. The van der Waals surface area contributed by atoms with Gasteiger partial charge in [0, 0.05) is 11.8 Å². The topological polar surface area (TPSA) is 9.23 Å². The van der Waals surface area contributed by atoms with Gasteiger partial charge in [0.25, 0.3) is 0 Å². The monoisotopic (exact) mass is 300 g/mol. The summed E-state index contributed by atoms with van der Waals surface area (Å²) in [5.74, 6) is 1.12. The second kappa shape index (κ2) is 6.15. The van der Waals surface area contributed by atoms with Gasteiger partial charge in [0.15, 0.2) is 8.32 Å². The third-order valence-electron chi connectivity index (χ3n) is 4.76. The standard InChI is InChI=1S/C16H29ClOSi/c1-12(2)14-9-8-13(10-17)15(14)11-18-19(6,7)16(3,4)5/h14H,1,8-11H2,2-7H3/t14-/m1/s1. The largest absolute Gasteiger partial charge is 0.413 e. The molecule has 0 spiro atoms. The minimum absolute atomic E-state index is 0.256. The normalized spacial score (nSPS) is 21.1. The first-order valence-corrected chi connectivity index (χ1v) is 10.6. The zero-order chi connectivity index (χ0) is 14.8. The molecule has 1 aliphatic rings. The molecule has 0 aromatic rings. The Morgan fingerprint density at radius 3 is 2.42 bits per heavy atom. The van der Waals surface area contributed by atoms with Crippen LogP contribution in [0.1, 0.15) is 40.5 Å². The van der Waals surface area contributed by atoms with E-state index < -0.39 is 8.32 Å². The first kappa shape index (κ1) is 17.0. The van der Waals surface area contributed by atoms with Crippen LogP contribution in [0.25, 0.3) is 0 Å². The van der Waals surface area contributed by atoms with Gasteiger partial charge in [-0.2, -0.15) is 0 Å². The van der Waals surface area contributed by atoms with Gasteiger partial charge in [-0.3, -0.25) is 0 Å². The molecule has 0 N–H and O–H groups in total. The van der Waals surface area contributed by atoms with Gasteiger partial charge in [-0.05, 0) is 43.5 Å². The molecule has 0 heterocycles. The highest BCUT2D eigenvalue weighted by Gasteiger charge is 2.38. The summed E-state index contributed by atoms with van der Waals surface area (Å²) >= 11 is 6.08. The van der Waals surface area contributed by atoms with Crippen molar-refractivity contribution in [1.29, 1.82) is 0 Å². The van der Waals surface area contributed by atoms with Crippen molar-refractivity contribution >= 4 is 19.9 Å². The van der Waals surface area contributed by atoms with Gasteiger partial charge < -0.3 is 4.43 Å². The summed E-state index contributed by atoms with van der Waals surface area (Å²) in [6.07, 6.45) is 2.27. The van der Waals surface area contributed by atoms with Crippen molar-refractivity contribution in [2.75, 3.05) is 12.5 Å². The van der Waals surface area contributed by atoms with E-state index in [0.717, 1.165) is 19.4 Å². The lowest BCUT2D eigenvalue weighted by atomic mass is 9.95. The Morgan fingerprint density at radius 1 is 1.42 bits per heavy atom. The van der Waals surface area contributed by atoms with Gasteiger partial charge in [0.05, 0.1) is 6.61 Å². The fourth-order valence-electron chi connectivity index (χ4n) is 2.27. The van der Waals surface area contributed by atoms with Crippen LogP contribution in [0.3, 0.4) is 0 Å². The van der Waals surface area contributed by atoms with Gasteiger partial charge in [-0.15, -0.1) is 11.6 Å². The molecule has 0 aromatic carbocycles. The Morgan fingerprint density at radius 2 is 2.00 bits per heavy atom. The summed E-state index contributed by atoms with van der Waals surface area (Å²) < 4.78 is 6.37. The Bertz CT molecular complexity index is 377. The molecular formula is C16H29ClOSi. The molecule has 110 valence electrons. The highest BCUT2D eigenvalue weighted by atomic mass is 35.5. The maximum Gasteiger partial charge on any atom is 0.192 e. The molecule has 19 heavy (non-hydrogen) atoms. The molecule has 1 atom stereocenters. The molecule has 1 rings (SSSR count). The minimum atomic E-state index is -1.69. The molecule has 0 unspecified atom stereocenters. The van der Waals surface area contributed by atoms with Crippen LogP contribution < -0.4 is 0 Å². The molecule has 0 amide bonds. The number of allylic oxidation sites excluding steroid dienone is 2. The Balaban J connectivity index is 2.82. The summed E-state index contributed by atoms with van der Waals surface area (Å²) in [6.45, 7) is 18.4. The number of hydrogen-bond acceptors (Lipinski definition) is 1. The molecule has 0 bridgehead atoms. The average Bonchev–Trinajstić information content (AvgIpc) is 2.67. The first-order chi connectivity index (χ1) is 8.60. The van der Waals surface area contributed by atoms with E-state index in [2.05, 4.69) is 47.4 Å². The van der Waals surface area contributed by atoms with Crippen LogP contribution in [0.15, 0.2) is 23.3 Å². The van der Waals surface area contributed by atoms with Crippen molar-refractivity contribution < 1.29 is 4.43 Å². The Labute approximate surface area is 125 Å². The van der Waals surface area contributed by atoms with Crippen LogP contribution in [0.4, 0.5) is 0 Å². The van der Waals surface area contributed by atoms with Crippen LogP contribution in [0, 0.1) is 5.92 Å². The zero-order valence-corrected chi connectivity index (χ0v) is 15.2. The van der Waals surface area contributed by atoms with E-state index in [9.17, 15) is 0 Å². The average molecular weight is 301 g/mol. The summed E-state index contributed by atoms with van der Waals surface area (Å²) in [7, 11) is -1.69. The van der Waals surface area contributed by atoms with Crippen LogP contribution in [0.5, 0.6) is 0 Å². The lowest BCUT2D eigenvalue weighted by Crippen LogP contribution is -2.41. The molecule has 0 aromatic heterocycles. The van der Waals surface area contributed by atoms with Crippen LogP contribution in [-0.2, 0) is 4.43 Å². The van der Waals surface area contributed by atoms with Gasteiger partial charge in [-0.1, -0.05) is 38.5 Å². The van der Waals surface area contributed by atoms with Crippen molar-refractivity contribution in [2.24, 2.45) is 5.92 Å². The lowest BCUT2D eigenvalue weighted by Gasteiger charge is -2.37. The maximum absolute atomic E-state index is 6.37. The molecule has 0 aliphatic heterocycles. The summed E-state index contributed by atoms with van der Waals surface area (Å²) in [4.78, 5) is 0. The molecular weight excluding hydrogens is 272 g/mol. The highest BCUT2D eigenvalue weighted by molar-refractivity contribution is 6.74. The van der Waals surface area contributed by atoms with Crippen LogP contribution in [-0.4, -0.2) is 20.8 Å². The zero-order valence-electron chi connectivity index (χ0n) is 13.4. The van der Waals surface area contributed by atoms with E-state index in [1.54, 1.807) is 0 Å². The smallest absolute Gasteiger partial charge is 0.192 e. The van der Waals surface area contributed by atoms with Crippen LogP contribution >= 0.6 is 11.6 Å². The van der Waals surface area contributed by atoms with Gasteiger partial charge >= 0.3 is 0 Å². The molecule has 0 saturated carbocycles. The molecule has 3 heteroatoms. The molecule has 0 fully saturated rings. The summed E-state index contributed by atoms with van der Waals surface area (Å²) in [5.41, 5.74) is 4.04. The number of halogens is 1. The van der Waals surface area contributed by atoms with E-state index in [0.29, 0.717) is 11.8 Å². The second-order valence-electron chi connectivity index (χ2n) is 7.25. The SMILES string of the molecule is C=C(C)[C@H]1CCC(CCl)=C1CO[Si](C)(C)C(C)(C)C. The third-order valence-corrected chi connectivity index (χ3v) is 9.56. The second-order valence-corrected chi connectivity index (χ2v) is 12.3. The Kier molecular flexibility index (Phi) is 5.50. The highest BCUT2D eigenvalue weighted by Crippen LogP contribution is 2.40. The van der Waals surface area contributed by atoms with Gasteiger partial charge in [0.2, 0.25) is 0 Å². The van der Waals surface area contributed by atoms with E-state index in [1.807, 2.05) is 0 Å². The fourth-order valence-corrected chi connectivity index (χ4v) is 3.53. The maximum atomic E-state index is 6.37. The van der Waals surface area contributed by atoms with E-state index in [-0.39, 0.29) is 5.04 Å². The lowest BCUT2D eigenvalue weighted by molar-refractivity contribution is 0.309. The van der Waals surface area contributed by atoms with Crippen molar-refractivity contribution in [2.45, 2.75) is 58.7 Å². The van der Waals surface area contributed by atoms with Crippen molar-refractivity contribution in [1.82, 2.24) is 0 Å². The molecule has 0 saturated heterocycles. The third kappa shape index (κ3) is 3.96. The van der Waals surface area contributed by atoms with E-state index in [4.69, 9.17) is 16.0 Å². The predicted octanol–water partition coefficient (Wildman–Crippen LogP) is 5.53. The van der Waals surface area contributed by atoms with E-state index >= 15 is 0 Å². The van der Waals surface area contributed by atoms with Gasteiger partial charge in [0.1, 0.15) is 0 Å². The van der Waals surface area contributed by atoms with Crippen molar-refractivity contribution in [3.8, 4) is 0 Å². The molecule has 1 aliphatic carbocycles. The summed E-state index contributed by atoms with van der Waals surface area (Å²) in [6, 6.07) is 0. The summed E-state index contributed by atoms with van der Waals surface area (Å²) in [5, 5.41) is 0.256. The van der Waals surface area contributed by atoms with Crippen LogP contribution in [0.2, 0.25) is 18.1 Å². The van der Waals surface area contributed by atoms with E-state index in [1.165, 1.54) is 16.7 Å². The van der Waals surface area contributed by atoms with Gasteiger partial charge in [-0.25, -0.2) is 0 Å². The van der Waals surface area contributed by atoms with Crippen molar-refractivity contribution in [3.63, 3.8) is 0 Å². The molecule has 1 nitrogen and oxygen atoms in total. The number of alkyl halides is 1. The minimum Gasteiger partial charge on any atom is -0.413 e. The first-order valence-electron chi connectivity index (χ1n) is 7.16. The van der Waals surface area contributed by atoms with Crippen molar-refractivity contribution in [3.05, 3.63) is 23.3 Å². The predicted molar refractivity (Wildman–Crippen MR) is 88.4 cm³/mol. The molecule has 0 radical (unpaired) electrons.